The Kier molecular flexibility index (Phi) is 25.1. The van der Waals surface area contributed by atoms with Crippen LogP contribution < -0.4 is 43.8 Å². The van der Waals surface area contributed by atoms with E-state index in [1.807, 2.05) is 0 Å². The summed E-state index contributed by atoms with van der Waals surface area (Å²) < 4.78 is 0. The zero-order valence-electron chi connectivity index (χ0n) is 33.6. The molecule has 328 valence electrons. The number of nitrogens with one attached hydrogen (secondary N) is 5. The van der Waals surface area contributed by atoms with Crippen LogP contribution in [0.4, 0.5) is 0 Å². The fourth-order valence-electron chi connectivity index (χ4n) is 6.32. The molecule has 1 heterocycles. The minimum Gasteiger partial charge on any atom is -0.481 e. The van der Waals surface area contributed by atoms with Crippen LogP contribution in [0.1, 0.15) is 122 Å². The summed E-state index contributed by atoms with van der Waals surface area (Å²) in [5.41, 5.74) is 16.0. The van der Waals surface area contributed by atoms with Crippen LogP contribution in [0.2, 0.25) is 0 Å². The first kappa shape index (κ1) is 50.5. The van der Waals surface area contributed by atoms with Crippen LogP contribution in [-0.4, -0.2) is 125 Å². The van der Waals surface area contributed by atoms with Gasteiger partial charge in [0.15, 0.2) is 5.96 Å². The minimum absolute atomic E-state index is 0.0156. The van der Waals surface area contributed by atoms with Gasteiger partial charge in [-0.15, -0.1) is 0 Å². The lowest BCUT2D eigenvalue weighted by atomic mass is 10.1. The third-order valence-corrected chi connectivity index (χ3v) is 9.34. The number of rotatable bonds is 31. The van der Waals surface area contributed by atoms with E-state index in [1.54, 1.807) is 0 Å². The van der Waals surface area contributed by atoms with Gasteiger partial charge in [0.05, 0.1) is 25.9 Å². The molecule has 0 radical (unpaired) electrons. The van der Waals surface area contributed by atoms with Gasteiger partial charge in [0.2, 0.25) is 41.4 Å². The average molecular weight is 825 g/mol. The number of carbonyl (C=O) groups is 9. The number of aliphatic imine (C=N–C) groups is 1. The maximum Gasteiger partial charge on any atom is 0.326 e. The van der Waals surface area contributed by atoms with Crippen molar-refractivity contribution < 1.29 is 53.4 Å². The smallest absolute Gasteiger partial charge is 0.326 e. The SMILES string of the molecule is CCCCCCCCCCCCCC(=O)NCC(=O)N[C@H](CCCN=C(N)N)C(=O)NCC(=O)NC(CC(=O)O)C(=O)N[C@H](CC(N)=O)C(=O)N1CCC[C@H]1C(=O)O. The van der Waals surface area contributed by atoms with Gasteiger partial charge in [0.1, 0.15) is 24.2 Å². The van der Waals surface area contributed by atoms with Crippen molar-refractivity contribution in [2.45, 2.75) is 147 Å². The summed E-state index contributed by atoms with van der Waals surface area (Å²) in [6, 6.07) is -5.88. The van der Waals surface area contributed by atoms with Gasteiger partial charge in [-0.2, -0.15) is 0 Å². The van der Waals surface area contributed by atoms with Gasteiger partial charge < -0.3 is 58.9 Å². The lowest BCUT2D eigenvalue weighted by Crippen LogP contribution is -2.57. The number of hydrogen-bond acceptors (Lipinski definition) is 10. The van der Waals surface area contributed by atoms with Crippen molar-refractivity contribution in [1.29, 1.82) is 0 Å². The van der Waals surface area contributed by atoms with Crippen LogP contribution in [0.15, 0.2) is 4.99 Å². The number of nitrogens with zero attached hydrogens (tertiary/aromatic N) is 2. The van der Waals surface area contributed by atoms with Gasteiger partial charge in [-0.1, -0.05) is 71.1 Å². The average Bonchev–Trinajstić information content (AvgIpc) is 3.66. The number of amides is 7. The van der Waals surface area contributed by atoms with Gasteiger partial charge in [0, 0.05) is 19.5 Å². The summed E-state index contributed by atoms with van der Waals surface area (Å²) >= 11 is 0. The van der Waals surface area contributed by atoms with E-state index in [4.69, 9.17) is 17.2 Å². The molecular weight excluding hydrogens is 760 g/mol. The van der Waals surface area contributed by atoms with Crippen molar-refractivity contribution in [2.75, 3.05) is 26.2 Å². The quantitative estimate of drug-likeness (QED) is 0.0225. The van der Waals surface area contributed by atoms with Gasteiger partial charge >= 0.3 is 11.9 Å². The van der Waals surface area contributed by atoms with Crippen molar-refractivity contribution in [2.24, 2.45) is 22.2 Å². The molecule has 0 bridgehead atoms. The molecule has 1 fully saturated rings. The minimum atomic E-state index is -1.80. The molecule has 1 saturated heterocycles. The van der Waals surface area contributed by atoms with E-state index >= 15 is 0 Å². The largest absolute Gasteiger partial charge is 0.481 e. The fraction of sp³-hybridized carbons (Fsp3) is 0.730. The van der Waals surface area contributed by atoms with E-state index in [0.29, 0.717) is 12.8 Å². The Morgan fingerprint density at radius 2 is 1.24 bits per heavy atom. The monoisotopic (exact) mass is 824 g/mol. The van der Waals surface area contributed by atoms with Crippen molar-refractivity contribution in [3.8, 4) is 0 Å². The highest BCUT2D eigenvalue weighted by Gasteiger charge is 2.39. The molecule has 21 nitrogen and oxygen atoms in total. The van der Waals surface area contributed by atoms with Crippen LogP contribution in [0.5, 0.6) is 0 Å². The van der Waals surface area contributed by atoms with E-state index in [-0.39, 0.29) is 50.6 Å². The second-order valence-electron chi connectivity index (χ2n) is 14.3. The number of carboxylic acids is 2. The normalized spacial score (nSPS) is 14.9. The molecule has 0 aromatic carbocycles. The number of carboxylic acid groups (broad SMARTS) is 2. The number of carbonyl (C=O) groups excluding carboxylic acids is 7. The van der Waals surface area contributed by atoms with E-state index in [2.05, 4.69) is 38.5 Å². The molecule has 0 aromatic rings. The Morgan fingerprint density at radius 1 is 0.672 bits per heavy atom. The van der Waals surface area contributed by atoms with E-state index in [1.165, 1.54) is 44.9 Å². The standard InChI is InChI=1S/C37H64N10O11/c1-2-3-4-5-6-7-8-9-10-11-12-17-29(49)42-22-30(50)44-24(15-13-18-41-37(39)40)33(54)43-23-31(51)45-25(21-32(52)53)34(55)46-26(20-28(38)48)35(56)47-19-14-16-27(47)36(57)58/h24-27H,2-23H2,1H3,(H2,38,48)(H,42,49)(H,43,54)(H,44,50)(H,45,51)(H,46,55)(H,52,53)(H,57,58)(H4,39,40,41)/t24-,25?,26-,27+/m1/s1. The van der Waals surface area contributed by atoms with Crippen molar-refractivity contribution >= 4 is 59.2 Å². The van der Waals surface area contributed by atoms with Crippen LogP contribution in [0, 0.1) is 0 Å². The van der Waals surface area contributed by atoms with Gasteiger partial charge in [0.25, 0.3) is 0 Å². The highest BCUT2D eigenvalue weighted by Crippen LogP contribution is 2.19. The number of unbranched alkanes of at least 4 members (excludes halogenated alkanes) is 10. The third kappa shape index (κ3) is 22.3. The van der Waals surface area contributed by atoms with Crippen LogP contribution in [-0.2, 0) is 43.2 Å². The Morgan fingerprint density at radius 3 is 1.79 bits per heavy atom. The number of guanidine groups is 1. The Bertz CT molecular complexity index is 1420. The van der Waals surface area contributed by atoms with Gasteiger partial charge in [-0.25, -0.2) is 4.79 Å². The molecule has 0 saturated carbocycles. The molecule has 1 aliphatic heterocycles. The molecule has 13 N–H and O–H groups in total. The first-order chi connectivity index (χ1) is 27.5. The number of nitrogens with two attached hydrogens (primary N) is 3. The van der Waals surface area contributed by atoms with Crippen LogP contribution in [0.25, 0.3) is 0 Å². The Balaban J connectivity index is 2.75. The molecule has 0 spiro atoms. The zero-order valence-corrected chi connectivity index (χ0v) is 33.6. The number of likely N-dealkylation sites (tertiary alicyclic amines) is 1. The van der Waals surface area contributed by atoms with Crippen molar-refractivity contribution in [3.05, 3.63) is 0 Å². The molecule has 0 aliphatic carbocycles. The van der Waals surface area contributed by atoms with Gasteiger partial charge in [-0.3, -0.25) is 43.3 Å². The molecule has 7 amide bonds. The topological polar surface area (TPSA) is 348 Å². The number of aliphatic carboxylic acids is 2. The molecule has 1 aliphatic rings. The third-order valence-electron chi connectivity index (χ3n) is 9.34. The number of hydrogen-bond donors (Lipinski definition) is 10. The zero-order chi connectivity index (χ0) is 43.5. The summed E-state index contributed by atoms with van der Waals surface area (Å²) in [6.07, 6.45) is 11.7. The highest BCUT2D eigenvalue weighted by atomic mass is 16.4. The maximum absolute atomic E-state index is 13.2. The fourth-order valence-corrected chi connectivity index (χ4v) is 6.32. The lowest BCUT2D eigenvalue weighted by Gasteiger charge is -2.28. The summed E-state index contributed by atoms with van der Waals surface area (Å²) in [6.45, 7) is 1.14. The second-order valence-corrected chi connectivity index (χ2v) is 14.3. The summed E-state index contributed by atoms with van der Waals surface area (Å²) in [5.74, 6) is -9.00. The molecule has 0 aromatic heterocycles. The summed E-state index contributed by atoms with van der Waals surface area (Å²) in [4.78, 5) is 117. The second kappa shape index (κ2) is 28.8. The summed E-state index contributed by atoms with van der Waals surface area (Å²) in [7, 11) is 0. The van der Waals surface area contributed by atoms with E-state index in [9.17, 15) is 53.4 Å². The van der Waals surface area contributed by atoms with Crippen molar-refractivity contribution in [3.63, 3.8) is 0 Å². The molecule has 21 heteroatoms. The molecular formula is C37H64N10O11. The first-order valence-electron chi connectivity index (χ1n) is 20.1. The Hall–Kier alpha value is -5.50. The predicted molar refractivity (Wildman–Crippen MR) is 211 cm³/mol. The first-order valence-corrected chi connectivity index (χ1v) is 20.1. The Labute approximate surface area is 338 Å². The maximum atomic E-state index is 13.2. The molecule has 58 heavy (non-hydrogen) atoms. The van der Waals surface area contributed by atoms with Crippen LogP contribution in [0.3, 0.4) is 0 Å². The highest BCUT2D eigenvalue weighted by molar-refractivity contribution is 5.98. The van der Waals surface area contributed by atoms with E-state index in [0.717, 1.165) is 24.2 Å². The van der Waals surface area contributed by atoms with E-state index < -0.39 is 97.5 Å². The van der Waals surface area contributed by atoms with Gasteiger partial charge in [-0.05, 0) is 32.1 Å². The van der Waals surface area contributed by atoms with Crippen molar-refractivity contribution in [1.82, 2.24) is 31.5 Å². The molecule has 1 rings (SSSR count). The molecule has 1 unspecified atom stereocenters. The number of primary amides is 1. The van der Waals surface area contributed by atoms with Crippen LogP contribution >= 0.6 is 0 Å². The summed E-state index contributed by atoms with van der Waals surface area (Å²) in [5, 5.41) is 30.5. The predicted octanol–water partition coefficient (Wildman–Crippen LogP) is -1.15. The lowest BCUT2D eigenvalue weighted by molar-refractivity contribution is -0.150. The molecule has 4 atom stereocenters.